The first-order valence-electron chi connectivity index (χ1n) is 10.3. The molecule has 0 aromatic carbocycles. The maximum absolute atomic E-state index is 2.35. The summed E-state index contributed by atoms with van der Waals surface area (Å²) in [7, 11) is 0. The highest BCUT2D eigenvalue weighted by Crippen LogP contribution is 2.41. The summed E-state index contributed by atoms with van der Waals surface area (Å²) in [6.07, 6.45) is 13.8. The van der Waals surface area contributed by atoms with Gasteiger partial charge in [0.1, 0.15) is 13.1 Å². The molecule has 0 spiro atoms. The topological polar surface area (TPSA) is 7.76 Å². The number of unbranched alkanes of at least 4 members (excludes halogenated alkanes) is 2. The molecule has 0 aliphatic carbocycles. The van der Waals surface area contributed by atoms with Crippen LogP contribution in [-0.2, 0) is 13.1 Å². The molecule has 0 radical (unpaired) electrons. The number of hydrogen-bond acceptors (Lipinski definition) is 2. The molecule has 4 rings (SSSR count). The van der Waals surface area contributed by atoms with Crippen molar-refractivity contribution in [1.82, 2.24) is 0 Å². The monoisotopic (exact) mass is 408 g/mol. The Hall–Kier alpha value is -2.04. The van der Waals surface area contributed by atoms with E-state index in [-0.39, 0.29) is 0 Å². The Bertz CT molecular complexity index is 914. The van der Waals surface area contributed by atoms with Crippen molar-refractivity contribution in [2.45, 2.75) is 52.6 Å². The fourth-order valence-electron chi connectivity index (χ4n) is 3.34. The van der Waals surface area contributed by atoms with Crippen LogP contribution in [0.5, 0.6) is 0 Å². The van der Waals surface area contributed by atoms with Crippen molar-refractivity contribution in [2.75, 3.05) is 0 Å². The van der Waals surface area contributed by atoms with Gasteiger partial charge in [0, 0.05) is 67.4 Å². The number of thiophene rings is 2. The number of aryl methyl sites for hydroxylation is 2. The summed E-state index contributed by atoms with van der Waals surface area (Å²) in [5.74, 6) is 0. The molecule has 4 aromatic heterocycles. The van der Waals surface area contributed by atoms with Crippen LogP contribution in [0.15, 0.2) is 61.2 Å². The summed E-state index contributed by atoms with van der Waals surface area (Å²) in [6.45, 7) is 6.69. The first kappa shape index (κ1) is 19.3. The molecular weight excluding hydrogens is 380 g/mol. The number of hydrogen-bond donors (Lipinski definition) is 0. The van der Waals surface area contributed by atoms with E-state index in [1.165, 1.54) is 56.0 Å². The Morgan fingerprint density at radius 3 is 1.39 bits per heavy atom. The minimum absolute atomic E-state index is 1.11. The van der Waals surface area contributed by atoms with Crippen molar-refractivity contribution in [3.63, 3.8) is 0 Å². The molecule has 0 atom stereocenters. The highest BCUT2D eigenvalue weighted by atomic mass is 32.1. The second-order valence-corrected chi connectivity index (χ2v) is 9.47. The van der Waals surface area contributed by atoms with Crippen LogP contribution in [0.3, 0.4) is 0 Å². The second kappa shape index (κ2) is 8.97. The van der Waals surface area contributed by atoms with Crippen molar-refractivity contribution < 1.29 is 9.13 Å². The maximum Gasteiger partial charge on any atom is 0.169 e. The van der Waals surface area contributed by atoms with Crippen molar-refractivity contribution in [2.24, 2.45) is 0 Å². The highest BCUT2D eigenvalue weighted by molar-refractivity contribution is 7.31. The predicted octanol–water partition coefficient (Wildman–Crippen LogP) is 6.47. The van der Waals surface area contributed by atoms with Crippen LogP contribution in [-0.4, -0.2) is 0 Å². The lowest BCUT2D eigenvalue weighted by Crippen LogP contribution is -2.32. The van der Waals surface area contributed by atoms with Gasteiger partial charge in [-0.1, -0.05) is 26.7 Å². The fraction of sp³-hybridized carbons (Fsp3) is 0.333. The van der Waals surface area contributed by atoms with Crippen LogP contribution in [0, 0.1) is 0 Å². The molecule has 0 aliphatic rings. The molecule has 0 aliphatic heterocycles. The van der Waals surface area contributed by atoms with E-state index in [4.69, 9.17) is 0 Å². The summed E-state index contributed by atoms with van der Waals surface area (Å²) in [5.41, 5.74) is 2.64. The molecule has 4 heterocycles. The Balaban J connectivity index is 1.51. The minimum atomic E-state index is 1.11. The minimum Gasteiger partial charge on any atom is -0.205 e. The SMILES string of the molecule is CCCC[n+]1ccc(-c2cc3sc(-c4cc[n+](CCCC)cc4)cc3s2)cc1. The third-order valence-electron chi connectivity index (χ3n) is 5.10. The molecule has 2 nitrogen and oxygen atoms in total. The lowest BCUT2D eigenvalue weighted by Gasteiger charge is -1.99. The van der Waals surface area contributed by atoms with Crippen molar-refractivity contribution in [1.29, 1.82) is 0 Å². The van der Waals surface area contributed by atoms with Crippen molar-refractivity contribution in [3.8, 4) is 20.9 Å². The van der Waals surface area contributed by atoms with E-state index in [2.05, 4.69) is 84.2 Å². The predicted molar refractivity (Wildman–Crippen MR) is 121 cm³/mol. The van der Waals surface area contributed by atoms with Crippen LogP contribution in [0.1, 0.15) is 39.5 Å². The Labute approximate surface area is 175 Å². The van der Waals surface area contributed by atoms with E-state index in [9.17, 15) is 0 Å². The molecule has 0 bridgehead atoms. The largest absolute Gasteiger partial charge is 0.205 e. The van der Waals surface area contributed by atoms with E-state index in [0.29, 0.717) is 0 Å². The smallest absolute Gasteiger partial charge is 0.169 e. The van der Waals surface area contributed by atoms with Gasteiger partial charge in [-0.15, -0.1) is 22.7 Å². The van der Waals surface area contributed by atoms with E-state index < -0.39 is 0 Å². The van der Waals surface area contributed by atoms with Gasteiger partial charge in [0.15, 0.2) is 24.8 Å². The lowest BCUT2D eigenvalue weighted by atomic mass is 10.2. The summed E-state index contributed by atoms with van der Waals surface area (Å²) in [4.78, 5) is 2.72. The average molecular weight is 409 g/mol. The zero-order valence-corrected chi connectivity index (χ0v) is 18.4. The quantitative estimate of drug-likeness (QED) is 0.295. The standard InChI is InChI=1S/C24H28N2S2/c1-3-5-11-25-13-7-19(8-14-25)21-17-23-24(27-21)18-22(28-23)20-9-15-26(16-10-20)12-6-4-2/h7-10,13-18H,3-6,11-12H2,1-2H3/q+2. The van der Waals surface area contributed by atoms with Gasteiger partial charge < -0.3 is 0 Å². The lowest BCUT2D eigenvalue weighted by molar-refractivity contribution is -0.697. The third kappa shape index (κ3) is 4.34. The van der Waals surface area contributed by atoms with Gasteiger partial charge in [-0.05, 0) is 12.1 Å². The Morgan fingerprint density at radius 1 is 0.643 bits per heavy atom. The number of fused-ring (bicyclic) bond motifs is 1. The van der Waals surface area contributed by atoms with Crippen molar-refractivity contribution >= 4 is 32.1 Å². The molecule has 0 saturated heterocycles. The van der Waals surface area contributed by atoms with Gasteiger partial charge in [-0.2, -0.15) is 0 Å². The van der Waals surface area contributed by atoms with Crippen LogP contribution in [0.2, 0.25) is 0 Å². The highest BCUT2D eigenvalue weighted by Gasteiger charge is 2.12. The number of rotatable bonds is 8. The second-order valence-electron chi connectivity index (χ2n) is 7.31. The first-order valence-corrected chi connectivity index (χ1v) is 11.9. The van der Waals surface area contributed by atoms with E-state index in [1.807, 2.05) is 22.7 Å². The maximum atomic E-state index is 2.35. The number of aromatic nitrogens is 2. The van der Waals surface area contributed by atoms with Crippen LogP contribution >= 0.6 is 22.7 Å². The molecule has 0 saturated carbocycles. The molecule has 0 N–H and O–H groups in total. The normalized spacial score (nSPS) is 11.4. The van der Waals surface area contributed by atoms with Crippen LogP contribution in [0.4, 0.5) is 0 Å². The van der Waals surface area contributed by atoms with Crippen molar-refractivity contribution in [3.05, 3.63) is 61.2 Å². The van der Waals surface area contributed by atoms with Gasteiger partial charge >= 0.3 is 0 Å². The average Bonchev–Trinajstić information content (AvgIpc) is 3.31. The summed E-state index contributed by atoms with van der Waals surface area (Å²) >= 11 is 3.80. The molecule has 0 amide bonds. The van der Waals surface area contributed by atoms with Gasteiger partial charge in [0.2, 0.25) is 0 Å². The molecule has 4 heteroatoms. The zero-order valence-electron chi connectivity index (χ0n) is 16.7. The summed E-state index contributed by atoms with van der Waals surface area (Å²) in [6, 6.07) is 13.7. The Morgan fingerprint density at radius 2 is 1.04 bits per heavy atom. The van der Waals surface area contributed by atoms with Crippen LogP contribution in [0.25, 0.3) is 30.3 Å². The molecule has 144 valence electrons. The number of nitrogens with zero attached hydrogens (tertiary/aromatic N) is 2. The van der Waals surface area contributed by atoms with Crippen LogP contribution < -0.4 is 9.13 Å². The van der Waals surface area contributed by atoms with Gasteiger partial charge in [-0.3, -0.25) is 0 Å². The van der Waals surface area contributed by atoms with E-state index in [0.717, 1.165) is 13.1 Å². The van der Waals surface area contributed by atoms with Gasteiger partial charge in [0.05, 0.1) is 0 Å². The first-order chi connectivity index (χ1) is 13.8. The fourth-order valence-corrected chi connectivity index (χ4v) is 5.75. The summed E-state index contributed by atoms with van der Waals surface area (Å²) < 4.78 is 7.34. The Kier molecular flexibility index (Phi) is 6.18. The molecule has 28 heavy (non-hydrogen) atoms. The number of pyridine rings is 2. The van der Waals surface area contributed by atoms with Gasteiger partial charge in [-0.25, -0.2) is 9.13 Å². The van der Waals surface area contributed by atoms with E-state index >= 15 is 0 Å². The van der Waals surface area contributed by atoms with E-state index in [1.54, 1.807) is 0 Å². The molecule has 4 aromatic rings. The summed E-state index contributed by atoms with van der Waals surface area (Å²) in [5, 5.41) is 0. The van der Waals surface area contributed by atoms with Gasteiger partial charge in [0.25, 0.3) is 0 Å². The molecule has 0 fully saturated rings. The zero-order chi connectivity index (χ0) is 19.3. The molecule has 0 unspecified atom stereocenters. The third-order valence-corrected chi connectivity index (χ3v) is 7.49. The molecular formula is C24H28N2S2+2.